The third-order valence-electron chi connectivity index (χ3n) is 3.01. The molecule has 17 heavy (non-hydrogen) atoms. The number of esters is 1. The fourth-order valence-electron chi connectivity index (χ4n) is 1.98. The van der Waals surface area contributed by atoms with Gasteiger partial charge in [0.05, 0.1) is 7.11 Å². The summed E-state index contributed by atoms with van der Waals surface area (Å²) in [5.74, 6) is 0.296. The second-order valence-corrected chi connectivity index (χ2v) is 4.59. The average Bonchev–Trinajstić information content (AvgIpc) is 2.28. The maximum Gasteiger partial charge on any atom is 0.305 e. The summed E-state index contributed by atoms with van der Waals surface area (Å²) in [6, 6.07) is 0. The number of ether oxygens (including phenoxy) is 1. The van der Waals surface area contributed by atoms with Crippen LogP contribution in [0.25, 0.3) is 0 Å². The number of piperidine rings is 1. The summed E-state index contributed by atoms with van der Waals surface area (Å²) in [6.07, 6.45) is 2.90. The van der Waals surface area contributed by atoms with Crippen LogP contribution < -0.4 is 0 Å². The van der Waals surface area contributed by atoms with Crippen molar-refractivity contribution >= 4 is 35.2 Å². The molecule has 0 radical (unpaired) electrons. The number of methoxy groups -OCH3 is 1. The fourth-order valence-corrected chi connectivity index (χ4v) is 2.06. The van der Waals surface area contributed by atoms with Crippen LogP contribution in [0.15, 0.2) is 0 Å². The molecule has 0 spiro atoms. The van der Waals surface area contributed by atoms with Gasteiger partial charge in [0.2, 0.25) is 5.24 Å². The van der Waals surface area contributed by atoms with Crippen LogP contribution in [0.5, 0.6) is 0 Å². The Bertz CT molecular complexity index is 253. The highest BCUT2D eigenvalue weighted by Gasteiger charge is 2.21. The number of likely N-dealkylation sites (tertiary alicyclic amines) is 1. The zero-order valence-electron chi connectivity index (χ0n) is 9.99. The van der Waals surface area contributed by atoms with Gasteiger partial charge in [-0.05, 0) is 43.5 Å². The van der Waals surface area contributed by atoms with Gasteiger partial charge in [0.15, 0.2) is 0 Å². The van der Waals surface area contributed by atoms with E-state index in [4.69, 9.17) is 11.6 Å². The summed E-state index contributed by atoms with van der Waals surface area (Å²) >= 11 is 5.29. The van der Waals surface area contributed by atoms with Crippen LogP contribution in [-0.2, 0) is 14.3 Å². The summed E-state index contributed by atoms with van der Waals surface area (Å²) in [5.41, 5.74) is 0. The van der Waals surface area contributed by atoms with Gasteiger partial charge in [0, 0.05) is 19.4 Å². The second-order valence-electron chi connectivity index (χ2n) is 4.17. The molecular formula is C11H19Cl2NO3. The molecule has 1 aliphatic heterocycles. The normalized spacial score (nSPS) is 17.3. The van der Waals surface area contributed by atoms with Gasteiger partial charge >= 0.3 is 5.97 Å². The average molecular weight is 284 g/mol. The number of carbonyl (C=O) groups is 2. The Balaban J connectivity index is 0.00000256. The molecule has 0 atom stereocenters. The van der Waals surface area contributed by atoms with Gasteiger partial charge in [-0.1, -0.05) is 0 Å². The summed E-state index contributed by atoms with van der Waals surface area (Å²) in [6.45, 7) is 2.60. The Morgan fingerprint density at radius 2 is 1.94 bits per heavy atom. The van der Waals surface area contributed by atoms with E-state index in [2.05, 4.69) is 9.64 Å². The molecular weight excluding hydrogens is 265 g/mol. The van der Waals surface area contributed by atoms with Gasteiger partial charge in [-0.15, -0.1) is 12.4 Å². The van der Waals surface area contributed by atoms with Crippen LogP contribution in [0.4, 0.5) is 0 Å². The van der Waals surface area contributed by atoms with Crippen molar-refractivity contribution in [1.29, 1.82) is 0 Å². The smallest absolute Gasteiger partial charge is 0.305 e. The lowest BCUT2D eigenvalue weighted by molar-refractivity contribution is -0.142. The van der Waals surface area contributed by atoms with Gasteiger partial charge < -0.3 is 9.64 Å². The number of carbonyl (C=O) groups excluding carboxylic acids is 2. The first-order valence-corrected chi connectivity index (χ1v) is 5.97. The van der Waals surface area contributed by atoms with E-state index in [-0.39, 0.29) is 23.6 Å². The molecule has 1 saturated heterocycles. The monoisotopic (exact) mass is 283 g/mol. The van der Waals surface area contributed by atoms with Crippen LogP contribution in [0.2, 0.25) is 0 Å². The van der Waals surface area contributed by atoms with E-state index < -0.39 is 0 Å². The van der Waals surface area contributed by atoms with Gasteiger partial charge in [0.25, 0.3) is 0 Å². The summed E-state index contributed by atoms with van der Waals surface area (Å²) < 4.78 is 4.64. The lowest BCUT2D eigenvalue weighted by atomic mass is 9.93. The fraction of sp³-hybridized carbons (Fsp3) is 0.818. The number of rotatable bonds is 5. The predicted octanol–water partition coefficient (Wildman–Crippen LogP) is 1.84. The van der Waals surface area contributed by atoms with E-state index >= 15 is 0 Å². The zero-order valence-corrected chi connectivity index (χ0v) is 11.6. The summed E-state index contributed by atoms with van der Waals surface area (Å²) in [7, 11) is 1.42. The standard InChI is InChI=1S/C11H18ClNO3.ClH/c1-16-11(15)8-9-2-5-13(6-3-9)7-4-10(12)14;/h9H,2-8H2,1H3;1H. The maximum atomic E-state index is 11.1. The van der Waals surface area contributed by atoms with Gasteiger partial charge in [-0.25, -0.2) is 0 Å². The Hall–Kier alpha value is -0.320. The Morgan fingerprint density at radius 1 is 1.35 bits per heavy atom. The number of nitrogens with zero attached hydrogens (tertiary/aromatic N) is 1. The summed E-state index contributed by atoms with van der Waals surface area (Å²) in [4.78, 5) is 23.9. The third-order valence-corrected chi connectivity index (χ3v) is 3.20. The molecule has 1 rings (SSSR count). The highest BCUT2D eigenvalue weighted by molar-refractivity contribution is 6.63. The van der Waals surface area contributed by atoms with E-state index in [1.165, 1.54) is 7.11 Å². The first-order chi connectivity index (χ1) is 7.61. The van der Waals surface area contributed by atoms with Crippen molar-refractivity contribution in [1.82, 2.24) is 4.90 Å². The molecule has 100 valence electrons. The minimum Gasteiger partial charge on any atom is -0.469 e. The van der Waals surface area contributed by atoms with Crippen molar-refractivity contribution in [3.05, 3.63) is 0 Å². The lowest BCUT2D eigenvalue weighted by Crippen LogP contribution is -2.35. The largest absolute Gasteiger partial charge is 0.469 e. The molecule has 6 heteroatoms. The van der Waals surface area contributed by atoms with Crippen LogP contribution in [0, 0.1) is 5.92 Å². The highest BCUT2D eigenvalue weighted by atomic mass is 35.5. The van der Waals surface area contributed by atoms with Crippen LogP contribution in [0.1, 0.15) is 25.7 Å². The topological polar surface area (TPSA) is 46.6 Å². The predicted molar refractivity (Wildman–Crippen MR) is 68.5 cm³/mol. The quantitative estimate of drug-likeness (QED) is 0.571. The van der Waals surface area contributed by atoms with Crippen molar-refractivity contribution in [2.45, 2.75) is 25.7 Å². The van der Waals surface area contributed by atoms with E-state index in [0.717, 1.165) is 32.5 Å². The van der Waals surface area contributed by atoms with E-state index in [0.29, 0.717) is 18.8 Å². The Kier molecular flexibility index (Phi) is 8.56. The molecule has 0 bridgehead atoms. The van der Waals surface area contributed by atoms with Gasteiger partial charge in [-0.2, -0.15) is 0 Å². The SMILES string of the molecule is COC(=O)CC1CCN(CCC(=O)Cl)CC1.Cl. The number of hydrogen-bond donors (Lipinski definition) is 0. The maximum absolute atomic E-state index is 11.1. The van der Waals surface area contributed by atoms with Crippen molar-refractivity contribution in [3.63, 3.8) is 0 Å². The van der Waals surface area contributed by atoms with Crippen molar-refractivity contribution in [2.75, 3.05) is 26.7 Å². The van der Waals surface area contributed by atoms with Crippen LogP contribution in [-0.4, -0.2) is 42.9 Å². The molecule has 0 aromatic carbocycles. The molecule has 0 aromatic rings. The Morgan fingerprint density at radius 3 is 2.41 bits per heavy atom. The van der Waals surface area contributed by atoms with E-state index in [9.17, 15) is 9.59 Å². The van der Waals surface area contributed by atoms with Crippen molar-refractivity contribution in [3.8, 4) is 0 Å². The van der Waals surface area contributed by atoms with Gasteiger partial charge in [0.1, 0.15) is 0 Å². The van der Waals surface area contributed by atoms with E-state index in [1.807, 2.05) is 0 Å². The first kappa shape index (κ1) is 16.7. The molecule has 0 saturated carbocycles. The molecule has 1 fully saturated rings. The molecule has 0 aromatic heterocycles. The molecule has 1 heterocycles. The Labute approximate surface area is 113 Å². The van der Waals surface area contributed by atoms with Crippen molar-refractivity contribution in [2.24, 2.45) is 5.92 Å². The molecule has 0 unspecified atom stereocenters. The highest BCUT2D eigenvalue weighted by Crippen LogP contribution is 2.20. The molecule has 0 amide bonds. The van der Waals surface area contributed by atoms with Crippen molar-refractivity contribution < 1.29 is 14.3 Å². The molecule has 1 aliphatic rings. The third kappa shape index (κ3) is 6.86. The minimum absolute atomic E-state index is 0. The lowest BCUT2D eigenvalue weighted by Gasteiger charge is -2.31. The van der Waals surface area contributed by atoms with Crippen LogP contribution in [0.3, 0.4) is 0 Å². The summed E-state index contributed by atoms with van der Waals surface area (Å²) in [5, 5.41) is -0.281. The minimum atomic E-state index is -0.281. The zero-order chi connectivity index (χ0) is 12.0. The first-order valence-electron chi connectivity index (χ1n) is 5.59. The van der Waals surface area contributed by atoms with Crippen LogP contribution >= 0.6 is 24.0 Å². The van der Waals surface area contributed by atoms with E-state index in [1.54, 1.807) is 0 Å². The molecule has 0 aliphatic carbocycles. The number of halogens is 2. The van der Waals surface area contributed by atoms with Gasteiger partial charge in [-0.3, -0.25) is 9.59 Å². The number of hydrogen-bond acceptors (Lipinski definition) is 4. The molecule has 4 nitrogen and oxygen atoms in total. The second kappa shape index (κ2) is 8.72. The molecule has 0 N–H and O–H groups in total.